The van der Waals surface area contributed by atoms with Crippen molar-refractivity contribution >= 4 is 25.4 Å². The van der Waals surface area contributed by atoms with Crippen molar-refractivity contribution in [2.45, 2.75) is 5.16 Å². The number of aromatic nitrogens is 3. The molecule has 100 valence electrons. The molecule has 0 unspecified atom stereocenters. The Morgan fingerprint density at radius 1 is 1.37 bits per heavy atom. The van der Waals surface area contributed by atoms with E-state index in [1.807, 2.05) is 0 Å². The molecule has 2 aromatic rings. The third kappa shape index (κ3) is 2.56. The first kappa shape index (κ1) is 13.4. The highest BCUT2D eigenvalue weighted by atomic mass is 35.7. The summed E-state index contributed by atoms with van der Waals surface area (Å²) in [5.41, 5.74) is 0.242. The molecular weight excluding hydrogens is 296 g/mol. The van der Waals surface area contributed by atoms with Gasteiger partial charge < -0.3 is 0 Å². The summed E-state index contributed by atoms with van der Waals surface area (Å²) in [6.45, 7) is 0. The van der Waals surface area contributed by atoms with Gasteiger partial charge in [0.15, 0.2) is 5.82 Å². The molecule has 0 saturated heterocycles. The lowest BCUT2D eigenvalue weighted by molar-refractivity contribution is -0.384. The first-order chi connectivity index (χ1) is 8.80. The van der Waals surface area contributed by atoms with Gasteiger partial charge in [0.2, 0.25) is 0 Å². The SMILES string of the molecule is Cn1c(-c2cccc([N+](=O)[O-])c2)nnc1S(=O)(=O)Cl. The fourth-order valence-electron chi connectivity index (χ4n) is 1.54. The smallest absolute Gasteiger partial charge is 0.296 e. The van der Waals surface area contributed by atoms with Crippen molar-refractivity contribution in [2.75, 3.05) is 0 Å². The van der Waals surface area contributed by atoms with Crippen molar-refractivity contribution in [3.63, 3.8) is 0 Å². The van der Waals surface area contributed by atoms with Crippen LogP contribution in [0.5, 0.6) is 0 Å². The topological polar surface area (TPSA) is 108 Å². The van der Waals surface area contributed by atoms with Crippen LogP contribution in [0.4, 0.5) is 5.69 Å². The molecule has 0 atom stereocenters. The zero-order valence-electron chi connectivity index (χ0n) is 9.52. The van der Waals surface area contributed by atoms with E-state index in [4.69, 9.17) is 10.7 Å². The minimum Gasteiger partial charge on any atom is -0.300 e. The van der Waals surface area contributed by atoms with E-state index in [0.29, 0.717) is 5.56 Å². The molecule has 0 N–H and O–H groups in total. The monoisotopic (exact) mass is 302 g/mol. The van der Waals surface area contributed by atoms with Crippen molar-refractivity contribution in [3.05, 3.63) is 34.4 Å². The molecular formula is C9H7ClN4O4S. The summed E-state index contributed by atoms with van der Waals surface area (Å²) < 4.78 is 23.6. The van der Waals surface area contributed by atoms with Crippen LogP contribution >= 0.6 is 10.7 Å². The second-order valence-electron chi connectivity index (χ2n) is 3.61. The number of non-ortho nitro benzene ring substituents is 1. The van der Waals surface area contributed by atoms with Crippen LogP contribution in [-0.4, -0.2) is 28.1 Å². The van der Waals surface area contributed by atoms with Crippen LogP contribution in [0.3, 0.4) is 0 Å². The fourth-order valence-corrected chi connectivity index (χ4v) is 2.49. The van der Waals surface area contributed by atoms with Gasteiger partial charge >= 0.3 is 0 Å². The van der Waals surface area contributed by atoms with E-state index in [2.05, 4.69) is 10.2 Å². The van der Waals surface area contributed by atoms with Gasteiger partial charge in [-0.2, -0.15) is 0 Å². The molecule has 1 aromatic heterocycles. The zero-order valence-corrected chi connectivity index (χ0v) is 11.1. The third-order valence-corrected chi connectivity index (χ3v) is 3.57. The Morgan fingerprint density at radius 3 is 2.58 bits per heavy atom. The Labute approximate surface area is 112 Å². The molecule has 0 saturated carbocycles. The molecule has 0 bridgehead atoms. The Bertz CT molecular complexity index is 755. The summed E-state index contributed by atoms with van der Waals surface area (Å²) in [7, 11) is 2.57. The predicted octanol–water partition coefficient (Wildman–Crippen LogP) is 1.32. The Balaban J connectivity index is 2.58. The predicted molar refractivity (Wildman–Crippen MR) is 66.1 cm³/mol. The zero-order chi connectivity index (χ0) is 14.2. The first-order valence-corrected chi connectivity index (χ1v) is 7.20. The number of nitro groups is 1. The van der Waals surface area contributed by atoms with Crippen molar-refractivity contribution in [3.8, 4) is 11.4 Å². The molecule has 19 heavy (non-hydrogen) atoms. The van der Waals surface area contributed by atoms with E-state index < -0.39 is 19.1 Å². The van der Waals surface area contributed by atoms with E-state index in [9.17, 15) is 18.5 Å². The Kier molecular flexibility index (Phi) is 3.25. The highest BCUT2D eigenvalue weighted by Gasteiger charge is 2.21. The molecule has 8 nitrogen and oxygen atoms in total. The van der Waals surface area contributed by atoms with Gasteiger partial charge in [0.1, 0.15) is 0 Å². The summed E-state index contributed by atoms with van der Waals surface area (Å²) >= 11 is 0. The molecule has 0 aliphatic rings. The lowest BCUT2D eigenvalue weighted by atomic mass is 10.2. The highest BCUT2D eigenvalue weighted by Crippen LogP contribution is 2.24. The van der Waals surface area contributed by atoms with Gasteiger partial charge in [-0.25, -0.2) is 8.42 Å². The molecule has 0 spiro atoms. The number of rotatable bonds is 3. The number of hydrogen-bond donors (Lipinski definition) is 0. The van der Waals surface area contributed by atoms with E-state index in [0.717, 1.165) is 4.57 Å². The maximum atomic E-state index is 11.2. The molecule has 10 heteroatoms. The van der Waals surface area contributed by atoms with Crippen LogP contribution in [0.1, 0.15) is 0 Å². The number of nitro benzene ring substituents is 1. The van der Waals surface area contributed by atoms with Gasteiger partial charge in [-0.05, 0) is 0 Å². The molecule has 1 aromatic carbocycles. The maximum absolute atomic E-state index is 11.2. The first-order valence-electron chi connectivity index (χ1n) is 4.89. The molecule has 0 aliphatic heterocycles. The van der Waals surface area contributed by atoms with Crippen LogP contribution in [0.25, 0.3) is 11.4 Å². The highest BCUT2D eigenvalue weighted by molar-refractivity contribution is 8.13. The molecule has 0 aliphatic carbocycles. The van der Waals surface area contributed by atoms with Crippen molar-refractivity contribution < 1.29 is 13.3 Å². The summed E-state index contributed by atoms with van der Waals surface area (Å²) in [4.78, 5) is 10.1. The van der Waals surface area contributed by atoms with Crippen LogP contribution in [0.2, 0.25) is 0 Å². The van der Waals surface area contributed by atoms with Crippen molar-refractivity contribution in [2.24, 2.45) is 7.05 Å². The number of nitrogens with zero attached hydrogens (tertiary/aromatic N) is 4. The van der Waals surface area contributed by atoms with Gasteiger partial charge in [0.25, 0.3) is 19.9 Å². The standard InChI is InChI=1S/C9H7ClN4O4S/c1-13-8(11-12-9(13)19(10,17)18)6-3-2-4-7(5-6)14(15)16/h2-5H,1H3. The van der Waals surface area contributed by atoms with E-state index in [1.165, 1.54) is 25.2 Å². The molecule has 0 fully saturated rings. The van der Waals surface area contributed by atoms with E-state index in [1.54, 1.807) is 6.07 Å². The molecule has 2 rings (SSSR count). The second-order valence-corrected chi connectivity index (χ2v) is 6.07. The lowest BCUT2D eigenvalue weighted by Crippen LogP contribution is -2.02. The fraction of sp³-hybridized carbons (Fsp3) is 0.111. The molecule has 1 heterocycles. The van der Waals surface area contributed by atoms with E-state index >= 15 is 0 Å². The van der Waals surface area contributed by atoms with Crippen LogP contribution in [0, 0.1) is 10.1 Å². The summed E-state index contributed by atoms with van der Waals surface area (Å²) in [6.07, 6.45) is 0. The third-order valence-electron chi connectivity index (χ3n) is 2.37. The van der Waals surface area contributed by atoms with Gasteiger partial charge in [-0.3, -0.25) is 14.7 Å². The molecule has 0 radical (unpaired) electrons. The van der Waals surface area contributed by atoms with Gasteiger partial charge in [0, 0.05) is 35.4 Å². The number of benzene rings is 1. The number of halogens is 1. The second kappa shape index (κ2) is 4.59. The van der Waals surface area contributed by atoms with Gasteiger partial charge in [0.05, 0.1) is 4.92 Å². The van der Waals surface area contributed by atoms with Gasteiger partial charge in [-0.1, -0.05) is 12.1 Å². The minimum absolute atomic E-state index is 0.129. The minimum atomic E-state index is -4.02. The summed E-state index contributed by atoms with van der Waals surface area (Å²) in [5.74, 6) is 0.169. The van der Waals surface area contributed by atoms with E-state index in [-0.39, 0.29) is 11.5 Å². The van der Waals surface area contributed by atoms with Crippen LogP contribution < -0.4 is 0 Å². The quantitative estimate of drug-likeness (QED) is 0.480. The average Bonchev–Trinajstić information content (AvgIpc) is 2.71. The Hall–Kier alpha value is -2.00. The Morgan fingerprint density at radius 2 is 2.05 bits per heavy atom. The van der Waals surface area contributed by atoms with Crippen molar-refractivity contribution in [1.29, 1.82) is 0 Å². The van der Waals surface area contributed by atoms with Gasteiger partial charge in [-0.15, -0.1) is 10.2 Å². The number of hydrogen-bond acceptors (Lipinski definition) is 6. The summed E-state index contributed by atoms with van der Waals surface area (Å²) in [5, 5.41) is 17.4. The molecule has 0 amide bonds. The van der Waals surface area contributed by atoms with Crippen LogP contribution in [0.15, 0.2) is 29.4 Å². The lowest BCUT2D eigenvalue weighted by Gasteiger charge is -2.01. The maximum Gasteiger partial charge on any atom is 0.296 e. The normalized spacial score (nSPS) is 11.5. The van der Waals surface area contributed by atoms with Crippen LogP contribution in [-0.2, 0) is 16.1 Å². The largest absolute Gasteiger partial charge is 0.300 e. The summed E-state index contributed by atoms with van der Waals surface area (Å²) in [6, 6.07) is 5.62. The average molecular weight is 303 g/mol. The van der Waals surface area contributed by atoms with Crippen molar-refractivity contribution in [1.82, 2.24) is 14.8 Å².